The first-order chi connectivity index (χ1) is 10.9. The maximum Gasteiger partial charge on any atom is 0.253 e. The summed E-state index contributed by atoms with van der Waals surface area (Å²) >= 11 is 1.66. The predicted octanol–water partition coefficient (Wildman–Crippen LogP) is 2.57. The first-order valence-corrected chi connectivity index (χ1v) is 10.2. The summed E-state index contributed by atoms with van der Waals surface area (Å²) in [6.07, 6.45) is 4.75. The van der Waals surface area contributed by atoms with Crippen LogP contribution in [0.3, 0.4) is 0 Å². The third-order valence-electron chi connectivity index (χ3n) is 4.09. The molecule has 1 saturated heterocycles. The maximum absolute atomic E-state index is 12.6. The summed E-state index contributed by atoms with van der Waals surface area (Å²) in [6, 6.07) is 6.27. The lowest BCUT2D eigenvalue weighted by atomic mass is 9.97. The summed E-state index contributed by atoms with van der Waals surface area (Å²) < 4.78 is 23.3. The van der Waals surface area contributed by atoms with Gasteiger partial charge in [-0.25, -0.2) is 13.4 Å². The van der Waals surface area contributed by atoms with Crippen LogP contribution in [0.1, 0.15) is 34.1 Å². The van der Waals surface area contributed by atoms with Gasteiger partial charge in [0.05, 0.1) is 9.90 Å². The van der Waals surface area contributed by atoms with Crippen molar-refractivity contribution in [1.29, 1.82) is 0 Å². The van der Waals surface area contributed by atoms with Crippen LogP contribution in [0.4, 0.5) is 0 Å². The van der Waals surface area contributed by atoms with Gasteiger partial charge in [-0.15, -0.1) is 11.3 Å². The lowest BCUT2D eigenvalue weighted by Crippen LogP contribution is -2.37. The smallest absolute Gasteiger partial charge is 0.253 e. The Bertz CT molecular complexity index is 792. The highest BCUT2D eigenvalue weighted by Gasteiger charge is 2.26. The molecule has 2 aromatic rings. The van der Waals surface area contributed by atoms with E-state index in [0.717, 1.165) is 24.1 Å². The molecule has 2 heterocycles. The van der Waals surface area contributed by atoms with Crippen molar-refractivity contribution in [2.24, 2.45) is 0 Å². The number of rotatable bonds is 3. The Kier molecular flexibility index (Phi) is 4.50. The molecule has 0 N–H and O–H groups in total. The fourth-order valence-electron chi connectivity index (χ4n) is 2.81. The molecule has 7 heteroatoms. The monoisotopic (exact) mass is 350 g/mol. The molecular weight excluding hydrogens is 332 g/mol. The first kappa shape index (κ1) is 16.1. The lowest BCUT2D eigenvalue weighted by Gasteiger charge is -2.31. The van der Waals surface area contributed by atoms with E-state index in [1.54, 1.807) is 28.4 Å². The number of amides is 1. The average Bonchev–Trinajstić information content (AvgIpc) is 3.08. The van der Waals surface area contributed by atoms with Crippen molar-refractivity contribution < 1.29 is 13.2 Å². The van der Waals surface area contributed by atoms with Crippen LogP contribution in [0.5, 0.6) is 0 Å². The molecule has 1 aliphatic rings. The maximum atomic E-state index is 12.6. The highest BCUT2D eigenvalue weighted by molar-refractivity contribution is 7.90. The van der Waals surface area contributed by atoms with Gasteiger partial charge in [-0.3, -0.25) is 4.79 Å². The van der Waals surface area contributed by atoms with E-state index < -0.39 is 9.84 Å². The number of thiazole rings is 1. The second-order valence-electron chi connectivity index (χ2n) is 5.74. The second-order valence-corrected chi connectivity index (χ2v) is 8.68. The third kappa shape index (κ3) is 3.61. The van der Waals surface area contributed by atoms with E-state index in [9.17, 15) is 13.2 Å². The number of aromatic nitrogens is 1. The molecule has 1 aliphatic heterocycles. The van der Waals surface area contributed by atoms with Crippen LogP contribution < -0.4 is 0 Å². The molecule has 0 unspecified atom stereocenters. The molecule has 0 spiro atoms. The van der Waals surface area contributed by atoms with Crippen molar-refractivity contribution in [3.8, 4) is 0 Å². The number of nitrogens with zero attached hydrogens (tertiary/aromatic N) is 2. The van der Waals surface area contributed by atoms with Gasteiger partial charge in [-0.05, 0) is 31.0 Å². The summed E-state index contributed by atoms with van der Waals surface area (Å²) in [7, 11) is -3.31. The molecule has 0 saturated carbocycles. The van der Waals surface area contributed by atoms with Crippen LogP contribution in [0.15, 0.2) is 40.7 Å². The van der Waals surface area contributed by atoms with E-state index >= 15 is 0 Å². The average molecular weight is 350 g/mol. The summed E-state index contributed by atoms with van der Waals surface area (Å²) in [4.78, 5) is 18.9. The van der Waals surface area contributed by atoms with Crippen molar-refractivity contribution >= 4 is 27.1 Å². The van der Waals surface area contributed by atoms with Gasteiger partial charge in [-0.1, -0.05) is 6.07 Å². The van der Waals surface area contributed by atoms with E-state index in [1.165, 1.54) is 12.1 Å². The Morgan fingerprint density at radius 2 is 2.04 bits per heavy atom. The van der Waals surface area contributed by atoms with E-state index in [0.29, 0.717) is 24.6 Å². The minimum atomic E-state index is -3.31. The molecule has 0 aliphatic carbocycles. The highest BCUT2D eigenvalue weighted by atomic mass is 32.2. The summed E-state index contributed by atoms with van der Waals surface area (Å²) in [5.41, 5.74) is 0.431. The molecule has 1 fully saturated rings. The molecule has 1 aromatic heterocycles. The van der Waals surface area contributed by atoms with Gasteiger partial charge in [0.25, 0.3) is 5.91 Å². The van der Waals surface area contributed by atoms with Crippen molar-refractivity contribution in [2.75, 3.05) is 19.3 Å². The molecule has 0 radical (unpaired) electrons. The van der Waals surface area contributed by atoms with Crippen molar-refractivity contribution in [3.05, 3.63) is 46.4 Å². The molecule has 0 atom stereocenters. The lowest BCUT2D eigenvalue weighted by molar-refractivity contribution is 0.0712. The Labute approximate surface area is 139 Å². The first-order valence-electron chi connectivity index (χ1n) is 7.44. The molecule has 5 nitrogen and oxygen atoms in total. The minimum absolute atomic E-state index is 0.104. The molecule has 3 rings (SSSR count). The number of benzene rings is 1. The quantitative estimate of drug-likeness (QED) is 0.853. The van der Waals surface area contributed by atoms with E-state index in [1.807, 2.05) is 11.6 Å². The topological polar surface area (TPSA) is 67.3 Å². The van der Waals surface area contributed by atoms with E-state index in [2.05, 4.69) is 4.98 Å². The zero-order valence-electron chi connectivity index (χ0n) is 12.8. The number of piperidine rings is 1. The number of hydrogen-bond acceptors (Lipinski definition) is 5. The Balaban J connectivity index is 1.70. The van der Waals surface area contributed by atoms with Crippen LogP contribution in [-0.2, 0) is 9.84 Å². The largest absolute Gasteiger partial charge is 0.339 e. The second kappa shape index (κ2) is 6.41. The molecule has 1 aromatic carbocycles. The van der Waals surface area contributed by atoms with Crippen molar-refractivity contribution in [1.82, 2.24) is 9.88 Å². The van der Waals surface area contributed by atoms with Gasteiger partial charge in [0, 0.05) is 42.4 Å². The highest BCUT2D eigenvalue weighted by Crippen LogP contribution is 2.29. The number of sulfone groups is 1. The Morgan fingerprint density at radius 3 is 2.65 bits per heavy atom. The standard InChI is InChI=1S/C16H18N2O3S2/c1-23(20,21)14-4-2-3-13(11-14)16(19)18-8-5-12(6-9-18)15-17-7-10-22-15/h2-4,7,10-12H,5-6,8-9H2,1H3. The number of carbonyl (C=O) groups is 1. The van der Waals surface area contributed by atoms with Crippen molar-refractivity contribution in [3.63, 3.8) is 0 Å². The van der Waals surface area contributed by atoms with Gasteiger partial charge in [0.1, 0.15) is 0 Å². The molecule has 1 amide bonds. The van der Waals surface area contributed by atoms with Crippen LogP contribution in [0.2, 0.25) is 0 Å². The summed E-state index contributed by atoms with van der Waals surface area (Å²) in [6.45, 7) is 1.35. The number of likely N-dealkylation sites (tertiary alicyclic amines) is 1. The minimum Gasteiger partial charge on any atom is -0.339 e. The Morgan fingerprint density at radius 1 is 1.30 bits per heavy atom. The summed E-state index contributed by atoms with van der Waals surface area (Å²) in [5.74, 6) is 0.314. The zero-order valence-corrected chi connectivity index (χ0v) is 14.4. The van der Waals surface area contributed by atoms with Gasteiger partial charge in [-0.2, -0.15) is 0 Å². The number of carbonyl (C=O) groups excluding carboxylic acids is 1. The van der Waals surface area contributed by atoms with Crippen LogP contribution in [0, 0.1) is 0 Å². The summed E-state index contributed by atoms with van der Waals surface area (Å²) in [5, 5.41) is 3.11. The Hall–Kier alpha value is -1.73. The normalized spacial score (nSPS) is 16.5. The number of hydrogen-bond donors (Lipinski definition) is 0. The fraction of sp³-hybridized carbons (Fsp3) is 0.375. The van der Waals surface area contributed by atoms with Crippen LogP contribution in [-0.4, -0.2) is 43.6 Å². The molecular formula is C16H18N2O3S2. The van der Waals surface area contributed by atoms with Crippen molar-refractivity contribution in [2.45, 2.75) is 23.7 Å². The zero-order chi connectivity index (χ0) is 16.4. The van der Waals surface area contributed by atoms with Gasteiger partial charge < -0.3 is 4.90 Å². The SMILES string of the molecule is CS(=O)(=O)c1cccc(C(=O)N2CCC(c3nccs3)CC2)c1. The van der Waals surface area contributed by atoms with Crippen LogP contribution in [0.25, 0.3) is 0 Å². The predicted molar refractivity (Wildman–Crippen MR) is 89.5 cm³/mol. The van der Waals surface area contributed by atoms with Gasteiger partial charge in [0.2, 0.25) is 0 Å². The fourth-order valence-corrected chi connectivity index (χ4v) is 4.29. The van der Waals surface area contributed by atoms with Crippen LogP contribution >= 0.6 is 11.3 Å². The van der Waals surface area contributed by atoms with E-state index in [4.69, 9.17) is 0 Å². The molecule has 0 bridgehead atoms. The third-order valence-corrected chi connectivity index (χ3v) is 6.14. The molecule has 23 heavy (non-hydrogen) atoms. The van der Waals surface area contributed by atoms with Gasteiger partial charge >= 0.3 is 0 Å². The van der Waals surface area contributed by atoms with Gasteiger partial charge in [0.15, 0.2) is 9.84 Å². The molecule has 122 valence electrons. The van der Waals surface area contributed by atoms with E-state index in [-0.39, 0.29) is 10.8 Å².